The molecular weight excluding hydrogens is 244 g/mol. The van der Waals surface area contributed by atoms with Gasteiger partial charge in [0.2, 0.25) is 5.91 Å². The molecule has 0 saturated heterocycles. The van der Waals surface area contributed by atoms with E-state index >= 15 is 0 Å². The Morgan fingerprint density at radius 3 is 2.42 bits per heavy atom. The SMILES string of the molecule is CCc1[nH]c2cc(OC)c(OC)cc2c1NC(C)=O. The number of ether oxygens (including phenoxy) is 2. The van der Waals surface area contributed by atoms with Gasteiger partial charge in [-0.3, -0.25) is 4.79 Å². The van der Waals surface area contributed by atoms with Crippen LogP contribution in [0.3, 0.4) is 0 Å². The first-order valence-corrected chi connectivity index (χ1v) is 6.14. The van der Waals surface area contributed by atoms with Gasteiger partial charge < -0.3 is 19.8 Å². The van der Waals surface area contributed by atoms with E-state index in [-0.39, 0.29) is 5.91 Å². The zero-order valence-corrected chi connectivity index (χ0v) is 11.6. The molecule has 0 aliphatic carbocycles. The first-order chi connectivity index (χ1) is 9.10. The van der Waals surface area contributed by atoms with Crippen LogP contribution in [-0.4, -0.2) is 25.1 Å². The second-order valence-electron chi connectivity index (χ2n) is 4.27. The average Bonchev–Trinajstić information content (AvgIpc) is 2.73. The molecule has 1 aromatic heterocycles. The number of benzene rings is 1. The van der Waals surface area contributed by atoms with Crippen molar-refractivity contribution in [3.63, 3.8) is 0 Å². The van der Waals surface area contributed by atoms with Gasteiger partial charge in [-0.2, -0.15) is 0 Å². The Kier molecular flexibility index (Phi) is 3.64. The molecule has 19 heavy (non-hydrogen) atoms. The third-order valence-corrected chi connectivity index (χ3v) is 3.03. The summed E-state index contributed by atoms with van der Waals surface area (Å²) in [5.74, 6) is 1.21. The third-order valence-electron chi connectivity index (χ3n) is 3.03. The second-order valence-corrected chi connectivity index (χ2v) is 4.27. The van der Waals surface area contributed by atoms with Crippen molar-refractivity contribution in [2.75, 3.05) is 19.5 Å². The van der Waals surface area contributed by atoms with Crippen LogP contribution in [0.5, 0.6) is 11.5 Å². The molecule has 0 saturated carbocycles. The number of aromatic amines is 1. The summed E-state index contributed by atoms with van der Waals surface area (Å²) in [6.07, 6.45) is 0.801. The molecule has 0 fully saturated rings. The molecule has 0 bridgehead atoms. The molecule has 5 nitrogen and oxygen atoms in total. The number of methoxy groups -OCH3 is 2. The third kappa shape index (κ3) is 2.36. The molecule has 1 heterocycles. The van der Waals surface area contributed by atoms with E-state index in [1.807, 2.05) is 19.1 Å². The van der Waals surface area contributed by atoms with E-state index in [2.05, 4.69) is 10.3 Å². The lowest BCUT2D eigenvalue weighted by molar-refractivity contribution is -0.114. The Hall–Kier alpha value is -2.17. The number of aryl methyl sites for hydroxylation is 1. The first kappa shape index (κ1) is 13.3. The quantitative estimate of drug-likeness (QED) is 0.890. The van der Waals surface area contributed by atoms with Crippen LogP contribution < -0.4 is 14.8 Å². The fourth-order valence-corrected chi connectivity index (χ4v) is 2.16. The maximum absolute atomic E-state index is 11.3. The standard InChI is InChI=1S/C14H18N2O3/c1-5-10-14(15-8(2)17)9-6-12(18-3)13(19-4)7-11(9)16-10/h6-7,16H,5H2,1-4H3,(H,15,17). The highest BCUT2D eigenvalue weighted by Gasteiger charge is 2.15. The van der Waals surface area contributed by atoms with Gasteiger partial charge in [-0.15, -0.1) is 0 Å². The van der Waals surface area contributed by atoms with Gasteiger partial charge in [-0.05, 0) is 12.5 Å². The van der Waals surface area contributed by atoms with E-state index in [0.717, 1.165) is 28.7 Å². The Bertz CT molecular complexity index is 617. The molecule has 2 aromatic rings. The monoisotopic (exact) mass is 262 g/mol. The summed E-state index contributed by atoms with van der Waals surface area (Å²) in [5.41, 5.74) is 2.71. The number of nitrogens with one attached hydrogen (secondary N) is 2. The molecule has 0 spiro atoms. The molecule has 2 N–H and O–H groups in total. The van der Waals surface area contributed by atoms with E-state index in [1.165, 1.54) is 6.92 Å². The number of carbonyl (C=O) groups excluding carboxylic acids is 1. The highest BCUT2D eigenvalue weighted by atomic mass is 16.5. The summed E-state index contributed by atoms with van der Waals surface area (Å²) < 4.78 is 10.6. The van der Waals surface area contributed by atoms with E-state index < -0.39 is 0 Å². The maximum Gasteiger partial charge on any atom is 0.221 e. The molecule has 1 aromatic carbocycles. The first-order valence-electron chi connectivity index (χ1n) is 6.14. The van der Waals surface area contributed by atoms with Crippen molar-refractivity contribution in [2.45, 2.75) is 20.3 Å². The highest BCUT2D eigenvalue weighted by Crippen LogP contribution is 2.37. The minimum atomic E-state index is -0.0922. The van der Waals surface area contributed by atoms with Gasteiger partial charge in [0.05, 0.1) is 25.4 Å². The molecule has 2 rings (SSSR count). The van der Waals surface area contributed by atoms with Crippen LogP contribution in [0.4, 0.5) is 5.69 Å². The van der Waals surface area contributed by atoms with Crippen molar-refractivity contribution < 1.29 is 14.3 Å². The minimum absolute atomic E-state index is 0.0922. The van der Waals surface area contributed by atoms with Crippen LogP contribution in [0.25, 0.3) is 10.9 Å². The molecule has 0 atom stereocenters. The summed E-state index contributed by atoms with van der Waals surface area (Å²) in [7, 11) is 3.19. The van der Waals surface area contributed by atoms with Crippen LogP contribution in [-0.2, 0) is 11.2 Å². The van der Waals surface area contributed by atoms with Crippen molar-refractivity contribution in [3.8, 4) is 11.5 Å². The number of carbonyl (C=O) groups is 1. The highest BCUT2D eigenvalue weighted by molar-refractivity contribution is 6.03. The zero-order valence-electron chi connectivity index (χ0n) is 11.6. The summed E-state index contributed by atoms with van der Waals surface area (Å²) in [6.45, 7) is 3.53. The van der Waals surface area contributed by atoms with Crippen molar-refractivity contribution in [1.29, 1.82) is 0 Å². The predicted octanol–water partition coefficient (Wildman–Crippen LogP) is 2.71. The topological polar surface area (TPSA) is 63.4 Å². The van der Waals surface area contributed by atoms with E-state index in [1.54, 1.807) is 14.2 Å². The van der Waals surface area contributed by atoms with Crippen LogP contribution in [0.15, 0.2) is 12.1 Å². The average molecular weight is 262 g/mol. The lowest BCUT2D eigenvalue weighted by Gasteiger charge is -2.08. The molecule has 102 valence electrons. The lowest BCUT2D eigenvalue weighted by atomic mass is 10.2. The van der Waals surface area contributed by atoms with Crippen LogP contribution in [0.1, 0.15) is 19.5 Å². The largest absolute Gasteiger partial charge is 0.493 e. The van der Waals surface area contributed by atoms with Crippen LogP contribution >= 0.6 is 0 Å². The van der Waals surface area contributed by atoms with Crippen LogP contribution in [0.2, 0.25) is 0 Å². The zero-order chi connectivity index (χ0) is 14.0. The van der Waals surface area contributed by atoms with Gasteiger partial charge in [0.25, 0.3) is 0 Å². The predicted molar refractivity (Wildman–Crippen MR) is 75.1 cm³/mol. The number of hydrogen-bond donors (Lipinski definition) is 2. The smallest absolute Gasteiger partial charge is 0.221 e. The van der Waals surface area contributed by atoms with Crippen LogP contribution in [0, 0.1) is 0 Å². The minimum Gasteiger partial charge on any atom is -0.493 e. The Morgan fingerprint density at radius 1 is 1.26 bits per heavy atom. The Labute approximate surface area is 111 Å². The normalized spacial score (nSPS) is 10.5. The Balaban J connectivity index is 2.67. The number of anilines is 1. The summed E-state index contributed by atoms with van der Waals surface area (Å²) >= 11 is 0. The maximum atomic E-state index is 11.3. The van der Waals surface area contributed by atoms with Crippen molar-refractivity contribution >= 4 is 22.5 Å². The van der Waals surface area contributed by atoms with Crippen molar-refractivity contribution in [2.24, 2.45) is 0 Å². The number of hydrogen-bond acceptors (Lipinski definition) is 3. The molecule has 0 unspecified atom stereocenters. The van der Waals surface area contributed by atoms with Gasteiger partial charge >= 0.3 is 0 Å². The summed E-state index contributed by atoms with van der Waals surface area (Å²) in [5, 5.41) is 3.79. The van der Waals surface area contributed by atoms with Gasteiger partial charge in [0.1, 0.15) is 0 Å². The second kappa shape index (κ2) is 5.22. The lowest BCUT2D eigenvalue weighted by Crippen LogP contribution is -2.07. The fraction of sp³-hybridized carbons (Fsp3) is 0.357. The van der Waals surface area contributed by atoms with E-state index in [9.17, 15) is 4.79 Å². The molecule has 0 aliphatic rings. The van der Waals surface area contributed by atoms with Gasteiger partial charge in [-0.1, -0.05) is 6.92 Å². The number of fused-ring (bicyclic) bond motifs is 1. The number of amides is 1. The van der Waals surface area contributed by atoms with Gasteiger partial charge in [0.15, 0.2) is 11.5 Å². The summed E-state index contributed by atoms with van der Waals surface area (Å²) in [4.78, 5) is 14.6. The molecule has 0 radical (unpaired) electrons. The van der Waals surface area contributed by atoms with E-state index in [0.29, 0.717) is 11.5 Å². The van der Waals surface area contributed by atoms with E-state index in [4.69, 9.17) is 9.47 Å². The van der Waals surface area contributed by atoms with Crippen molar-refractivity contribution in [3.05, 3.63) is 17.8 Å². The number of H-pyrrole nitrogens is 1. The molecule has 5 heteroatoms. The van der Waals surface area contributed by atoms with Gasteiger partial charge in [-0.25, -0.2) is 0 Å². The molecular formula is C14H18N2O3. The number of aromatic nitrogens is 1. The van der Waals surface area contributed by atoms with Gasteiger partial charge in [0, 0.05) is 24.1 Å². The number of rotatable bonds is 4. The molecule has 1 amide bonds. The van der Waals surface area contributed by atoms with Crippen molar-refractivity contribution in [1.82, 2.24) is 4.98 Å². The Morgan fingerprint density at radius 2 is 1.89 bits per heavy atom. The molecule has 0 aliphatic heterocycles. The fourth-order valence-electron chi connectivity index (χ4n) is 2.16. The summed E-state index contributed by atoms with van der Waals surface area (Å²) in [6, 6.07) is 3.74.